The lowest BCUT2D eigenvalue weighted by molar-refractivity contribution is 0.101. The molecular formula is C20H29N7O3. The highest BCUT2D eigenvalue weighted by molar-refractivity contribution is 6.02. The zero-order valence-corrected chi connectivity index (χ0v) is 17.9. The maximum atomic E-state index is 12.6. The molecule has 2 aromatic heterocycles. The van der Waals surface area contributed by atoms with Crippen molar-refractivity contribution in [2.75, 3.05) is 19.0 Å². The van der Waals surface area contributed by atoms with E-state index in [9.17, 15) is 9.59 Å². The molecule has 10 heteroatoms. The Morgan fingerprint density at radius 2 is 2.17 bits per heavy atom. The number of hydrogen-bond donors (Lipinski definition) is 3. The van der Waals surface area contributed by atoms with Crippen LogP contribution in [-0.2, 0) is 18.4 Å². The van der Waals surface area contributed by atoms with E-state index in [0.717, 1.165) is 31.5 Å². The van der Waals surface area contributed by atoms with Crippen molar-refractivity contribution in [2.45, 2.75) is 57.2 Å². The molecule has 0 spiro atoms. The third-order valence-corrected chi connectivity index (χ3v) is 5.85. The number of nitrogens with zero attached hydrogens (tertiary/aromatic N) is 4. The van der Waals surface area contributed by atoms with E-state index in [1.165, 1.54) is 4.68 Å². The second kappa shape index (κ2) is 7.75. The maximum absolute atomic E-state index is 12.6. The van der Waals surface area contributed by atoms with Crippen molar-refractivity contribution >= 4 is 17.8 Å². The number of aromatic amines is 1. The summed E-state index contributed by atoms with van der Waals surface area (Å²) in [6, 6.07) is 3.83. The van der Waals surface area contributed by atoms with E-state index in [1.54, 1.807) is 20.2 Å². The number of urea groups is 1. The molecule has 30 heavy (non-hydrogen) atoms. The van der Waals surface area contributed by atoms with E-state index in [2.05, 4.69) is 25.9 Å². The van der Waals surface area contributed by atoms with Crippen molar-refractivity contribution in [1.82, 2.24) is 30.2 Å². The summed E-state index contributed by atoms with van der Waals surface area (Å²) in [4.78, 5) is 26.8. The monoisotopic (exact) mass is 415 g/mol. The van der Waals surface area contributed by atoms with Gasteiger partial charge in [-0.3, -0.25) is 14.6 Å². The number of hydrogen-bond acceptors (Lipinski definition) is 5. The molecule has 2 fully saturated rings. The van der Waals surface area contributed by atoms with Crippen LogP contribution in [0.5, 0.6) is 0 Å². The predicted octanol–water partition coefficient (Wildman–Crippen LogP) is 1.98. The van der Waals surface area contributed by atoms with Crippen LogP contribution in [0.2, 0.25) is 0 Å². The molecule has 0 bridgehead atoms. The average molecular weight is 415 g/mol. The van der Waals surface area contributed by atoms with Gasteiger partial charge in [0.25, 0.3) is 5.91 Å². The van der Waals surface area contributed by atoms with Gasteiger partial charge in [-0.1, -0.05) is 0 Å². The zero-order valence-electron chi connectivity index (χ0n) is 17.9. The summed E-state index contributed by atoms with van der Waals surface area (Å²) in [5.41, 5.74) is 1.93. The van der Waals surface area contributed by atoms with Crippen molar-refractivity contribution in [3.63, 3.8) is 0 Å². The van der Waals surface area contributed by atoms with Crippen LogP contribution >= 0.6 is 0 Å². The first kappa shape index (κ1) is 20.4. The summed E-state index contributed by atoms with van der Waals surface area (Å²) in [5.74, 6) is 0.494. The Morgan fingerprint density at radius 3 is 2.87 bits per heavy atom. The van der Waals surface area contributed by atoms with Gasteiger partial charge in [-0.25, -0.2) is 4.79 Å². The van der Waals surface area contributed by atoms with Crippen molar-refractivity contribution in [3.05, 3.63) is 29.2 Å². The minimum Gasteiger partial charge on any atom is -0.378 e. The van der Waals surface area contributed by atoms with Gasteiger partial charge >= 0.3 is 6.03 Å². The van der Waals surface area contributed by atoms with E-state index in [0.29, 0.717) is 23.8 Å². The van der Waals surface area contributed by atoms with E-state index >= 15 is 0 Å². The smallest absolute Gasteiger partial charge is 0.318 e. The highest BCUT2D eigenvalue weighted by Crippen LogP contribution is 2.38. The molecule has 2 aliphatic rings. The number of ether oxygens (including phenoxy) is 1. The second-order valence-corrected chi connectivity index (χ2v) is 8.85. The molecule has 2 aromatic rings. The number of aromatic nitrogens is 4. The van der Waals surface area contributed by atoms with Crippen LogP contribution in [0.4, 0.5) is 10.6 Å². The molecular weight excluding hydrogens is 386 g/mol. The minimum atomic E-state index is -0.273. The summed E-state index contributed by atoms with van der Waals surface area (Å²) in [6.45, 7) is 5.16. The largest absolute Gasteiger partial charge is 0.378 e. The van der Waals surface area contributed by atoms with Crippen LogP contribution in [0.25, 0.3) is 0 Å². The number of carbonyl (C=O) groups excluding carboxylic acids is 2. The molecule has 0 unspecified atom stereocenters. The molecule has 4 rings (SSSR count). The number of aryl methyl sites for hydroxylation is 1. The van der Waals surface area contributed by atoms with Gasteiger partial charge in [0.05, 0.1) is 17.8 Å². The standard InChI is InChI=1S/C20H29N7O3/c1-20(2)11-27(19(29)22-20)14-6-5-12(7-14)15-9-17(24-23-15)21-18(28)16-8-13(10-30-4)25-26(16)3/h8-9,12,14H,5-7,10-11H2,1-4H3,(H,22,29)(H2,21,23,24,28)/t12-,14+/m1/s1. The molecule has 1 saturated heterocycles. The van der Waals surface area contributed by atoms with E-state index in [1.807, 2.05) is 24.8 Å². The first-order chi connectivity index (χ1) is 14.3. The van der Waals surface area contributed by atoms with Gasteiger partial charge in [0.1, 0.15) is 5.69 Å². The van der Waals surface area contributed by atoms with E-state index in [-0.39, 0.29) is 29.4 Å². The minimum absolute atomic E-state index is 0.0206. The quantitative estimate of drug-likeness (QED) is 0.667. The number of amides is 3. The van der Waals surface area contributed by atoms with Crippen molar-refractivity contribution in [1.29, 1.82) is 0 Å². The van der Waals surface area contributed by atoms with Gasteiger partial charge < -0.3 is 20.3 Å². The van der Waals surface area contributed by atoms with Crippen LogP contribution in [0.3, 0.4) is 0 Å². The molecule has 3 heterocycles. The number of rotatable bonds is 6. The number of H-pyrrole nitrogens is 1. The molecule has 1 aliphatic heterocycles. The van der Waals surface area contributed by atoms with Crippen molar-refractivity contribution in [3.8, 4) is 0 Å². The number of anilines is 1. The summed E-state index contributed by atoms with van der Waals surface area (Å²) in [6.07, 6.45) is 2.83. The third kappa shape index (κ3) is 4.04. The summed E-state index contributed by atoms with van der Waals surface area (Å²) in [7, 11) is 3.31. The molecule has 10 nitrogen and oxygen atoms in total. The molecule has 3 amide bonds. The molecule has 2 atom stereocenters. The summed E-state index contributed by atoms with van der Waals surface area (Å²) in [5, 5.41) is 17.4. The lowest BCUT2D eigenvalue weighted by atomic mass is 10.0. The SMILES string of the molecule is COCc1cc(C(=O)Nc2cc([C@@H]3CC[C@H](N4CC(C)(C)NC4=O)C3)[nH]n2)n(C)n1. The van der Waals surface area contributed by atoms with Crippen LogP contribution < -0.4 is 10.6 Å². The summed E-state index contributed by atoms with van der Waals surface area (Å²) >= 11 is 0. The Kier molecular flexibility index (Phi) is 5.27. The van der Waals surface area contributed by atoms with Crippen molar-refractivity contribution < 1.29 is 14.3 Å². The fraction of sp³-hybridized carbons (Fsp3) is 0.600. The van der Waals surface area contributed by atoms with Crippen LogP contribution in [0, 0.1) is 0 Å². The van der Waals surface area contributed by atoms with Crippen LogP contribution in [0.1, 0.15) is 60.9 Å². The number of carbonyl (C=O) groups is 2. The predicted molar refractivity (Wildman–Crippen MR) is 110 cm³/mol. The normalized spacial score (nSPS) is 23.1. The Morgan fingerprint density at radius 1 is 1.37 bits per heavy atom. The first-order valence-corrected chi connectivity index (χ1v) is 10.2. The van der Waals surface area contributed by atoms with Gasteiger partial charge in [-0.15, -0.1) is 0 Å². The fourth-order valence-corrected chi connectivity index (χ4v) is 4.46. The Hall–Kier alpha value is -2.88. The topological polar surface area (TPSA) is 117 Å². The fourth-order valence-electron chi connectivity index (χ4n) is 4.46. The highest BCUT2D eigenvalue weighted by Gasteiger charge is 2.41. The Labute approximate surface area is 175 Å². The zero-order chi connectivity index (χ0) is 21.5. The molecule has 162 valence electrons. The molecule has 0 radical (unpaired) electrons. The third-order valence-electron chi connectivity index (χ3n) is 5.85. The Bertz CT molecular complexity index is 948. The number of nitrogens with one attached hydrogen (secondary N) is 3. The van der Waals surface area contributed by atoms with Crippen LogP contribution in [0.15, 0.2) is 12.1 Å². The van der Waals surface area contributed by atoms with Gasteiger partial charge in [0.15, 0.2) is 5.82 Å². The van der Waals surface area contributed by atoms with Gasteiger partial charge in [0.2, 0.25) is 0 Å². The van der Waals surface area contributed by atoms with Gasteiger partial charge in [0, 0.05) is 44.4 Å². The lowest BCUT2D eigenvalue weighted by Gasteiger charge is -2.24. The number of methoxy groups -OCH3 is 1. The maximum Gasteiger partial charge on any atom is 0.318 e. The highest BCUT2D eigenvalue weighted by atomic mass is 16.5. The molecule has 1 aliphatic carbocycles. The van der Waals surface area contributed by atoms with E-state index < -0.39 is 0 Å². The van der Waals surface area contributed by atoms with Crippen molar-refractivity contribution in [2.24, 2.45) is 7.05 Å². The average Bonchev–Trinajstić information content (AvgIpc) is 3.42. The van der Waals surface area contributed by atoms with Gasteiger partial charge in [-0.05, 0) is 39.2 Å². The molecule has 1 saturated carbocycles. The molecule has 0 aromatic carbocycles. The first-order valence-electron chi connectivity index (χ1n) is 10.2. The second-order valence-electron chi connectivity index (χ2n) is 8.85. The summed E-state index contributed by atoms with van der Waals surface area (Å²) < 4.78 is 6.59. The lowest BCUT2D eigenvalue weighted by Crippen LogP contribution is -2.36. The van der Waals surface area contributed by atoms with Crippen LogP contribution in [-0.4, -0.2) is 62.1 Å². The Balaban J connectivity index is 1.38. The van der Waals surface area contributed by atoms with Gasteiger partial charge in [-0.2, -0.15) is 10.2 Å². The molecule has 3 N–H and O–H groups in total. The van der Waals surface area contributed by atoms with E-state index in [4.69, 9.17) is 4.74 Å².